The smallest absolute Gasteiger partial charge is 0.229 e. The van der Waals surface area contributed by atoms with Gasteiger partial charge in [-0.05, 0) is 31.0 Å². The second kappa shape index (κ2) is 7.87. The third-order valence-corrected chi connectivity index (χ3v) is 6.08. The number of aryl methyl sites for hydroxylation is 2. The van der Waals surface area contributed by atoms with Gasteiger partial charge in [-0.3, -0.25) is 14.5 Å². The number of nitrogens with zero attached hydrogens (tertiary/aromatic N) is 4. The first-order valence-corrected chi connectivity index (χ1v) is 10.5. The first-order valence-electron chi connectivity index (χ1n) is 9.68. The van der Waals surface area contributed by atoms with Gasteiger partial charge in [0.2, 0.25) is 16.9 Å². The number of likely N-dealkylation sites (tertiary alicyclic amines) is 1. The highest BCUT2D eigenvalue weighted by Gasteiger charge is 2.42. The molecule has 3 heterocycles. The van der Waals surface area contributed by atoms with Gasteiger partial charge in [0.25, 0.3) is 0 Å². The molecule has 2 fully saturated rings. The van der Waals surface area contributed by atoms with Crippen molar-refractivity contribution in [1.82, 2.24) is 15.1 Å². The SMILES string of the molecule is CCCc1nnc(N2CC(C(=O)N3CC(Oc4cccc(C)c4)C3)CC2=O)s1. The fourth-order valence-electron chi connectivity index (χ4n) is 3.56. The van der Waals surface area contributed by atoms with Gasteiger partial charge < -0.3 is 9.64 Å². The van der Waals surface area contributed by atoms with Crippen LogP contribution in [0.5, 0.6) is 5.75 Å². The molecule has 0 aliphatic carbocycles. The molecule has 2 aliphatic rings. The Morgan fingerprint density at radius 2 is 2.11 bits per heavy atom. The molecule has 0 saturated carbocycles. The predicted octanol–water partition coefficient (Wildman–Crippen LogP) is 2.44. The van der Waals surface area contributed by atoms with Crippen LogP contribution in [-0.4, -0.2) is 52.6 Å². The van der Waals surface area contributed by atoms with Crippen LogP contribution in [0.1, 0.15) is 30.3 Å². The largest absolute Gasteiger partial charge is 0.487 e. The van der Waals surface area contributed by atoms with Gasteiger partial charge in [0.1, 0.15) is 16.9 Å². The van der Waals surface area contributed by atoms with Gasteiger partial charge in [-0.25, -0.2) is 0 Å². The number of aromatic nitrogens is 2. The van der Waals surface area contributed by atoms with E-state index in [1.165, 1.54) is 11.3 Å². The maximum atomic E-state index is 12.8. The molecule has 2 aromatic rings. The lowest BCUT2D eigenvalue weighted by Gasteiger charge is -2.40. The summed E-state index contributed by atoms with van der Waals surface area (Å²) in [5, 5.41) is 9.80. The van der Waals surface area contributed by atoms with E-state index >= 15 is 0 Å². The van der Waals surface area contributed by atoms with E-state index in [1.54, 1.807) is 9.80 Å². The van der Waals surface area contributed by atoms with Gasteiger partial charge in [0.15, 0.2) is 0 Å². The van der Waals surface area contributed by atoms with Crippen LogP contribution in [-0.2, 0) is 16.0 Å². The summed E-state index contributed by atoms with van der Waals surface area (Å²) >= 11 is 1.44. The number of anilines is 1. The van der Waals surface area contributed by atoms with Crippen LogP contribution in [0, 0.1) is 12.8 Å². The Hall–Kier alpha value is -2.48. The number of carbonyl (C=O) groups excluding carboxylic acids is 2. The summed E-state index contributed by atoms with van der Waals surface area (Å²) in [6.07, 6.45) is 2.10. The molecule has 0 bridgehead atoms. The third-order valence-electron chi connectivity index (χ3n) is 5.08. The highest BCUT2D eigenvalue weighted by Crippen LogP contribution is 2.30. The van der Waals surface area contributed by atoms with Gasteiger partial charge in [-0.15, -0.1) is 10.2 Å². The third kappa shape index (κ3) is 3.87. The molecule has 7 nitrogen and oxygen atoms in total. The topological polar surface area (TPSA) is 75.6 Å². The minimum absolute atomic E-state index is 0.0127. The van der Waals surface area contributed by atoms with Gasteiger partial charge >= 0.3 is 0 Å². The Kier molecular flexibility index (Phi) is 5.30. The Balaban J connectivity index is 1.30. The average molecular weight is 401 g/mol. The molecule has 28 heavy (non-hydrogen) atoms. The Bertz CT molecular complexity index is 878. The van der Waals surface area contributed by atoms with Crippen molar-refractivity contribution in [3.63, 3.8) is 0 Å². The molecule has 2 aliphatic heterocycles. The Morgan fingerprint density at radius 1 is 1.29 bits per heavy atom. The number of hydrogen-bond acceptors (Lipinski definition) is 6. The maximum absolute atomic E-state index is 12.8. The predicted molar refractivity (Wildman–Crippen MR) is 107 cm³/mol. The Labute approximate surface area is 168 Å². The van der Waals surface area contributed by atoms with E-state index in [4.69, 9.17) is 4.74 Å². The van der Waals surface area contributed by atoms with Gasteiger partial charge in [-0.1, -0.05) is 30.4 Å². The van der Waals surface area contributed by atoms with Crippen LogP contribution in [0.3, 0.4) is 0 Å². The molecule has 1 atom stereocenters. The number of amides is 2. The fourth-order valence-corrected chi connectivity index (χ4v) is 4.53. The van der Waals surface area contributed by atoms with Crippen LogP contribution >= 0.6 is 11.3 Å². The molecule has 0 N–H and O–H groups in total. The highest BCUT2D eigenvalue weighted by molar-refractivity contribution is 7.15. The average Bonchev–Trinajstić information content (AvgIpc) is 3.24. The molecule has 2 amide bonds. The lowest BCUT2D eigenvalue weighted by Crippen LogP contribution is -2.57. The first-order chi connectivity index (χ1) is 13.5. The zero-order valence-corrected chi connectivity index (χ0v) is 16.9. The number of ether oxygens (including phenoxy) is 1. The van der Waals surface area contributed by atoms with Gasteiger partial charge in [0.05, 0.1) is 19.0 Å². The van der Waals surface area contributed by atoms with E-state index in [2.05, 4.69) is 17.1 Å². The Morgan fingerprint density at radius 3 is 2.86 bits per heavy atom. The zero-order chi connectivity index (χ0) is 19.7. The molecule has 8 heteroatoms. The van der Waals surface area contributed by atoms with E-state index in [0.29, 0.717) is 24.8 Å². The molecule has 4 rings (SSSR count). The molecule has 1 aromatic carbocycles. The summed E-state index contributed by atoms with van der Waals surface area (Å²) in [6, 6.07) is 7.91. The monoisotopic (exact) mass is 400 g/mol. The molecular formula is C20H24N4O3S. The van der Waals surface area contributed by atoms with Crippen molar-refractivity contribution in [2.24, 2.45) is 5.92 Å². The van der Waals surface area contributed by atoms with Crippen molar-refractivity contribution in [3.05, 3.63) is 34.8 Å². The minimum atomic E-state index is -0.314. The number of rotatable bonds is 6. The van der Waals surface area contributed by atoms with Crippen LogP contribution in [0.15, 0.2) is 24.3 Å². The first kappa shape index (κ1) is 18.9. The van der Waals surface area contributed by atoms with Crippen molar-refractivity contribution in [2.75, 3.05) is 24.5 Å². The minimum Gasteiger partial charge on any atom is -0.487 e. The molecule has 1 aromatic heterocycles. The summed E-state index contributed by atoms with van der Waals surface area (Å²) in [5.74, 6) is 0.494. The van der Waals surface area contributed by atoms with Crippen LogP contribution in [0.25, 0.3) is 0 Å². The van der Waals surface area contributed by atoms with Gasteiger partial charge in [-0.2, -0.15) is 0 Å². The van der Waals surface area contributed by atoms with Crippen LogP contribution < -0.4 is 9.64 Å². The van der Waals surface area contributed by atoms with Crippen molar-refractivity contribution < 1.29 is 14.3 Å². The molecule has 148 valence electrons. The molecule has 2 saturated heterocycles. The zero-order valence-electron chi connectivity index (χ0n) is 16.1. The number of benzene rings is 1. The number of hydrogen-bond donors (Lipinski definition) is 0. The summed E-state index contributed by atoms with van der Waals surface area (Å²) in [4.78, 5) is 28.6. The van der Waals surface area contributed by atoms with Crippen molar-refractivity contribution in [1.29, 1.82) is 0 Å². The molecular weight excluding hydrogens is 376 g/mol. The number of carbonyl (C=O) groups is 2. The van der Waals surface area contributed by atoms with Crippen LogP contribution in [0.4, 0.5) is 5.13 Å². The normalized spacial score (nSPS) is 19.8. The van der Waals surface area contributed by atoms with E-state index < -0.39 is 0 Å². The quantitative estimate of drug-likeness (QED) is 0.744. The maximum Gasteiger partial charge on any atom is 0.229 e. The molecule has 0 radical (unpaired) electrons. The lowest BCUT2D eigenvalue weighted by atomic mass is 10.0. The summed E-state index contributed by atoms with van der Waals surface area (Å²) < 4.78 is 5.92. The second-order valence-corrected chi connectivity index (χ2v) is 8.47. The summed E-state index contributed by atoms with van der Waals surface area (Å²) in [5.41, 5.74) is 1.15. The summed E-state index contributed by atoms with van der Waals surface area (Å²) in [6.45, 7) is 5.63. The van der Waals surface area contributed by atoms with Crippen LogP contribution in [0.2, 0.25) is 0 Å². The van der Waals surface area contributed by atoms with Crippen molar-refractivity contribution >= 4 is 28.3 Å². The fraction of sp³-hybridized carbons (Fsp3) is 0.500. The van der Waals surface area contributed by atoms with E-state index in [-0.39, 0.29) is 30.3 Å². The molecule has 1 unspecified atom stereocenters. The van der Waals surface area contributed by atoms with E-state index in [9.17, 15) is 9.59 Å². The van der Waals surface area contributed by atoms with E-state index in [1.807, 2.05) is 31.2 Å². The van der Waals surface area contributed by atoms with Crippen molar-refractivity contribution in [3.8, 4) is 5.75 Å². The highest BCUT2D eigenvalue weighted by atomic mass is 32.1. The van der Waals surface area contributed by atoms with E-state index in [0.717, 1.165) is 29.2 Å². The standard InChI is InChI=1S/C20H24N4O3S/c1-3-5-17-21-22-20(28-17)24-10-14(9-18(24)25)19(26)23-11-16(12-23)27-15-7-4-6-13(2)8-15/h4,6-8,14,16H,3,5,9-12H2,1-2H3. The van der Waals surface area contributed by atoms with Gasteiger partial charge in [0, 0.05) is 19.4 Å². The van der Waals surface area contributed by atoms with Crippen molar-refractivity contribution in [2.45, 2.75) is 39.2 Å². The second-order valence-electron chi connectivity index (χ2n) is 7.43. The molecule has 0 spiro atoms. The lowest BCUT2D eigenvalue weighted by molar-refractivity contribution is -0.144. The summed E-state index contributed by atoms with van der Waals surface area (Å²) in [7, 11) is 0.